The van der Waals surface area contributed by atoms with Crippen LogP contribution in [0, 0.1) is 0 Å². The molecule has 0 spiro atoms. The molecule has 8 heteroatoms. The average molecular weight is 346 g/mol. The molecule has 0 aliphatic carbocycles. The molecule has 0 aliphatic heterocycles. The van der Waals surface area contributed by atoms with E-state index in [-0.39, 0.29) is 12.0 Å². The second kappa shape index (κ2) is 7.04. The third kappa shape index (κ3) is 4.99. The average Bonchev–Trinajstić information content (AvgIpc) is 2.88. The van der Waals surface area contributed by atoms with Crippen LogP contribution in [0.3, 0.4) is 0 Å². The molecule has 4 nitrogen and oxygen atoms in total. The van der Waals surface area contributed by atoms with Gasteiger partial charge in [-0.3, -0.25) is 9.48 Å². The lowest BCUT2D eigenvalue weighted by Gasteiger charge is -2.22. The number of nitrogens with zero attached hydrogens (tertiary/aromatic N) is 2. The van der Waals surface area contributed by atoms with Crippen LogP contribution >= 0.6 is 11.6 Å². The molecule has 0 radical (unpaired) electrons. The molecule has 2 aromatic rings. The van der Waals surface area contributed by atoms with E-state index in [9.17, 15) is 18.0 Å². The molecule has 1 amide bonds. The lowest BCUT2D eigenvalue weighted by Crippen LogP contribution is -2.38. The number of aromatic nitrogens is 2. The minimum Gasteiger partial charge on any atom is -0.341 e. The Kier molecular flexibility index (Phi) is 5.30. The van der Waals surface area contributed by atoms with Crippen molar-refractivity contribution in [2.75, 3.05) is 0 Å². The molecular formula is C15H15ClF3N3O. The third-order valence-corrected chi connectivity index (χ3v) is 3.49. The van der Waals surface area contributed by atoms with Gasteiger partial charge in [0.2, 0.25) is 5.91 Å². The largest absolute Gasteiger partial charge is 0.412 e. The van der Waals surface area contributed by atoms with Gasteiger partial charge in [0.15, 0.2) is 6.04 Å². The van der Waals surface area contributed by atoms with Crippen LogP contribution in [0.2, 0.25) is 5.02 Å². The van der Waals surface area contributed by atoms with Crippen molar-refractivity contribution in [2.24, 2.45) is 7.05 Å². The molecule has 23 heavy (non-hydrogen) atoms. The lowest BCUT2D eigenvalue weighted by molar-refractivity contribution is -0.163. The zero-order valence-electron chi connectivity index (χ0n) is 12.3. The number of halogens is 4. The number of nitrogens with one attached hydrogen (secondary N) is 1. The first kappa shape index (κ1) is 17.3. The number of hydrogen-bond acceptors (Lipinski definition) is 2. The molecule has 0 bridgehead atoms. The Morgan fingerprint density at radius 2 is 2.00 bits per heavy atom. The summed E-state index contributed by atoms with van der Waals surface area (Å²) in [6.45, 7) is 0. The molecule has 0 saturated heterocycles. The first-order valence-corrected chi connectivity index (χ1v) is 7.22. The second-order valence-corrected chi connectivity index (χ2v) is 5.55. The van der Waals surface area contributed by atoms with E-state index in [0.717, 1.165) is 5.56 Å². The van der Waals surface area contributed by atoms with Crippen LogP contribution in [-0.2, 0) is 18.3 Å². The highest BCUT2D eigenvalue weighted by Gasteiger charge is 2.41. The molecule has 124 valence electrons. The predicted octanol–water partition coefficient (Wildman–Crippen LogP) is 3.43. The molecule has 0 aliphatic rings. The highest BCUT2D eigenvalue weighted by molar-refractivity contribution is 6.30. The van der Waals surface area contributed by atoms with Gasteiger partial charge in [-0.15, -0.1) is 0 Å². The Bertz CT molecular complexity index is 667. The Morgan fingerprint density at radius 1 is 1.35 bits per heavy atom. The van der Waals surface area contributed by atoms with E-state index in [0.29, 0.717) is 11.4 Å². The summed E-state index contributed by atoms with van der Waals surface area (Å²) in [6, 6.07) is 3.17. The number of benzene rings is 1. The fraction of sp³-hybridized carbons (Fsp3) is 0.333. The summed E-state index contributed by atoms with van der Waals surface area (Å²) in [6.07, 6.45) is -1.02. The van der Waals surface area contributed by atoms with Gasteiger partial charge in [0.1, 0.15) is 0 Å². The number of hydrogen-bond donors (Lipinski definition) is 1. The summed E-state index contributed by atoms with van der Waals surface area (Å²) >= 11 is 5.68. The molecular weight excluding hydrogens is 331 g/mol. The van der Waals surface area contributed by atoms with Crippen molar-refractivity contribution in [3.8, 4) is 0 Å². The van der Waals surface area contributed by atoms with Gasteiger partial charge < -0.3 is 5.32 Å². The summed E-state index contributed by atoms with van der Waals surface area (Å²) in [5, 5.41) is 6.31. The molecule has 1 aromatic carbocycles. The number of amides is 1. The fourth-order valence-corrected chi connectivity index (χ4v) is 2.23. The van der Waals surface area contributed by atoms with Gasteiger partial charge in [-0.05, 0) is 29.7 Å². The number of rotatable bonds is 5. The van der Waals surface area contributed by atoms with Crippen molar-refractivity contribution in [3.63, 3.8) is 0 Å². The SMILES string of the molecule is Cn1cc(CCC(=O)N[C@H](c2ccc(Cl)cc2)C(F)(F)F)cn1. The first-order chi connectivity index (χ1) is 10.8. The van der Waals surface area contributed by atoms with Gasteiger partial charge in [-0.1, -0.05) is 23.7 Å². The van der Waals surface area contributed by atoms with Gasteiger partial charge in [-0.25, -0.2) is 0 Å². The van der Waals surface area contributed by atoms with Crippen LogP contribution in [0.25, 0.3) is 0 Å². The van der Waals surface area contributed by atoms with Crippen LogP contribution < -0.4 is 5.32 Å². The Balaban J connectivity index is 2.02. The van der Waals surface area contributed by atoms with Crippen LogP contribution in [0.1, 0.15) is 23.6 Å². The maximum atomic E-state index is 13.2. The quantitative estimate of drug-likeness (QED) is 0.902. The molecule has 0 fully saturated rings. The highest BCUT2D eigenvalue weighted by atomic mass is 35.5. The summed E-state index contributed by atoms with van der Waals surface area (Å²) in [5.74, 6) is -0.675. The van der Waals surface area contributed by atoms with E-state index in [1.165, 1.54) is 24.3 Å². The maximum Gasteiger partial charge on any atom is 0.412 e. The lowest BCUT2D eigenvalue weighted by atomic mass is 10.1. The van der Waals surface area contributed by atoms with Gasteiger partial charge in [0.25, 0.3) is 0 Å². The highest BCUT2D eigenvalue weighted by Crippen LogP contribution is 2.33. The van der Waals surface area contributed by atoms with Gasteiger partial charge in [0.05, 0.1) is 6.20 Å². The fourth-order valence-electron chi connectivity index (χ4n) is 2.10. The molecule has 2 rings (SSSR count). The first-order valence-electron chi connectivity index (χ1n) is 6.85. The Labute approximate surface area is 136 Å². The minimum absolute atomic E-state index is 0.0497. The summed E-state index contributed by atoms with van der Waals surface area (Å²) < 4.78 is 41.1. The predicted molar refractivity (Wildman–Crippen MR) is 79.9 cm³/mol. The molecule has 0 saturated carbocycles. The standard InChI is InChI=1S/C15H15ClF3N3O/c1-22-9-10(8-20-22)2-7-13(23)21-14(15(17,18)19)11-3-5-12(16)6-4-11/h3-6,8-9,14H,2,7H2,1H3,(H,21,23)/t14-/m1/s1. The van der Waals surface area contributed by atoms with E-state index < -0.39 is 18.1 Å². The van der Waals surface area contributed by atoms with E-state index in [2.05, 4.69) is 5.10 Å². The number of carbonyl (C=O) groups is 1. The van der Waals surface area contributed by atoms with E-state index >= 15 is 0 Å². The van der Waals surface area contributed by atoms with Crippen molar-refractivity contribution < 1.29 is 18.0 Å². The van der Waals surface area contributed by atoms with Crippen LogP contribution in [0.4, 0.5) is 13.2 Å². The van der Waals surface area contributed by atoms with Gasteiger partial charge >= 0.3 is 6.18 Å². The topological polar surface area (TPSA) is 46.9 Å². The summed E-state index contributed by atoms with van der Waals surface area (Å²) in [7, 11) is 1.73. The van der Waals surface area contributed by atoms with Crippen molar-refractivity contribution in [1.82, 2.24) is 15.1 Å². The van der Waals surface area contributed by atoms with Crippen LogP contribution in [-0.4, -0.2) is 21.9 Å². The summed E-state index contributed by atoms with van der Waals surface area (Å²) in [5.41, 5.74) is 0.731. The Morgan fingerprint density at radius 3 is 2.52 bits per heavy atom. The molecule has 1 atom stereocenters. The normalized spacial score (nSPS) is 12.9. The monoisotopic (exact) mass is 345 g/mol. The van der Waals surface area contributed by atoms with Crippen molar-refractivity contribution in [2.45, 2.75) is 25.1 Å². The van der Waals surface area contributed by atoms with Crippen molar-refractivity contribution in [3.05, 3.63) is 52.8 Å². The number of alkyl halides is 3. The number of carbonyl (C=O) groups excluding carboxylic acids is 1. The molecule has 0 unspecified atom stereocenters. The van der Waals surface area contributed by atoms with E-state index in [4.69, 9.17) is 11.6 Å². The zero-order valence-corrected chi connectivity index (χ0v) is 13.0. The van der Waals surface area contributed by atoms with Crippen LogP contribution in [0.15, 0.2) is 36.7 Å². The number of aryl methyl sites for hydroxylation is 2. The van der Waals surface area contributed by atoms with Gasteiger partial charge in [-0.2, -0.15) is 18.3 Å². The third-order valence-electron chi connectivity index (χ3n) is 3.24. The molecule has 1 N–H and O–H groups in total. The zero-order chi connectivity index (χ0) is 17.0. The second-order valence-electron chi connectivity index (χ2n) is 5.12. The van der Waals surface area contributed by atoms with Crippen LogP contribution in [0.5, 0.6) is 0 Å². The van der Waals surface area contributed by atoms with Gasteiger partial charge in [0, 0.05) is 24.7 Å². The Hall–Kier alpha value is -2.02. The van der Waals surface area contributed by atoms with E-state index in [1.807, 2.05) is 5.32 Å². The summed E-state index contributed by atoms with van der Waals surface area (Å²) in [4.78, 5) is 11.9. The maximum absolute atomic E-state index is 13.2. The van der Waals surface area contributed by atoms with Crippen molar-refractivity contribution in [1.29, 1.82) is 0 Å². The van der Waals surface area contributed by atoms with Crippen molar-refractivity contribution >= 4 is 17.5 Å². The smallest absolute Gasteiger partial charge is 0.341 e. The minimum atomic E-state index is -4.59. The van der Waals surface area contributed by atoms with E-state index in [1.54, 1.807) is 24.1 Å². The molecule has 1 aromatic heterocycles. The molecule has 1 heterocycles.